The van der Waals surface area contributed by atoms with Gasteiger partial charge in [0, 0.05) is 19.7 Å². The van der Waals surface area contributed by atoms with E-state index in [1.165, 1.54) is 11.3 Å². The maximum absolute atomic E-state index is 12.3. The molecule has 19 heavy (non-hydrogen) atoms. The van der Waals surface area contributed by atoms with Gasteiger partial charge in [-0.3, -0.25) is 9.59 Å². The zero-order valence-electron chi connectivity index (χ0n) is 10.3. The molecule has 0 radical (unpaired) electrons. The summed E-state index contributed by atoms with van der Waals surface area (Å²) in [6.07, 6.45) is 0.377. The number of rotatable bonds is 4. The van der Waals surface area contributed by atoms with Crippen LogP contribution in [0.1, 0.15) is 22.5 Å². The number of hydrogen-bond acceptors (Lipinski definition) is 4. The number of nitrogens with zero attached hydrogens (tertiary/aromatic N) is 1. The molecule has 2 heterocycles. The van der Waals surface area contributed by atoms with Crippen molar-refractivity contribution < 1.29 is 19.4 Å². The third kappa shape index (κ3) is 3.26. The molecule has 7 heteroatoms. The summed E-state index contributed by atoms with van der Waals surface area (Å²) in [4.78, 5) is 25.3. The number of halogens is 1. The first-order valence-corrected chi connectivity index (χ1v) is 7.01. The number of carboxylic acids is 1. The molecule has 0 saturated carbocycles. The molecule has 1 saturated heterocycles. The number of hydrogen-bond donors (Lipinski definition) is 1. The molecule has 0 spiro atoms. The van der Waals surface area contributed by atoms with E-state index in [9.17, 15) is 9.59 Å². The molecular weight excluding hydrogens is 290 g/mol. The molecule has 2 rings (SSSR count). The normalized spacial score (nSPS) is 22.7. The Morgan fingerprint density at radius 2 is 2.32 bits per heavy atom. The fourth-order valence-electron chi connectivity index (χ4n) is 2.26. The zero-order valence-corrected chi connectivity index (χ0v) is 11.9. The summed E-state index contributed by atoms with van der Waals surface area (Å²) in [6.45, 7) is 0.419. The monoisotopic (exact) mass is 303 g/mol. The predicted octanol–water partition coefficient (Wildman–Crippen LogP) is 2.11. The second kappa shape index (κ2) is 5.90. The van der Waals surface area contributed by atoms with Gasteiger partial charge in [-0.1, -0.05) is 11.6 Å². The molecule has 5 nitrogen and oxygen atoms in total. The molecule has 1 aliphatic rings. The minimum absolute atomic E-state index is 0.0648. The van der Waals surface area contributed by atoms with Crippen molar-refractivity contribution in [3.63, 3.8) is 0 Å². The minimum atomic E-state index is -0.913. The Labute approximate surface area is 119 Å². The number of carbonyl (C=O) groups excluding carboxylic acids is 1. The van der Waals surface area contributed by atoms with Crippen LogP contribution in [0, 0.1) is 0 Å². The van der Waals surface area contributed by atoms with Gasteiger partial charge in [0.25, 0.3) is 5.91 Å². The van der Waals surface area contributed by atoms with Crippen LogP contribution >= 0.6 is 22.9 Å². The van der Waals surface area contributed by atoms with Gasteiger partial charge in [-0.05, 0) is 18.6 Å². The van der Waals surface area contributed by atoms with Crippen LogP contribution in [0.15, 0.2) is 12.1 Å². The first-order valence-electron chi connectivity index (χ1n) is 5.82. The predicted molar refractivity (Wildman–Crippen MR) is 71.8 cm³/mol. The van der Waals surface area contributed by atoms with Gasteiger partial charge < -0.3 is 14.7 Å². The van der Waals surface area contributed by atoms with Gasteiger partial charge in [0.05, 0.1) is 21.7 Å². The van der Waals surface area contributed by atoms with E-state index in [1.807, 2.05) is 0 Å². The Morgan fingerprint density at radius 1 is 1.58 bits per heavy atom. The third-order valence-corrected chi connectivity index (χ3v) is 4.38. The van der Waals surface area contributed by atoms with Crippen LogP contribution in [-0.4, -0.2) is 47.7 Å². The Morgan fingerprint density at radius 3 is 2.84 bits per heavy atom. The molecule has 0 aliphatic carbocycles. The smallest absolute Gasteiger partial charge is 0.305 e. The summed E-state index contributed by atoms with van der Waals surface area (Å²) in [6, 6.07) is 3.00. The molecule has 1 aliphatic heterocycles. The van der Waals surface area contributed by atoms with Crippen molar-refractivity contribution in [2.45, 2.75) is 25.0 Å². The van der Waals surface area contributed by atoms with E-state index in [1.54, 1.807) is 24.1 Å². The van der Waals surface area contributed by atoms with E-state index >= 15 is 0 Å². The molecule has 0 bridgehead atoms. The molecular formula is C12H14ClNO4S. The number of methoxy groups -OCH3 is 1. The quantitative estimate of drug-likeness (QED) is 0.925. The van der Waals surface area contributed by atoms with E-state index in [2.05, 4.69) is 0 Å². The van der Waals surface area contributed by atoms with Crippen molar-refractivity contribution in [2.75, 3.05) is 13.7 Å². The molecule has 1 fully saturated rings. The summed E-state index contributed by atoms with van der Waals surface area (Å²) in [5.41, 5.74) is 0. The lowest BCUT2D eigenvalue weighted by Gasteiger charge is -2.22. The van der Waals surface area contributed by atoms with Crippen LogP contribution in [0.3, 0.4) is 0 Å². The van der Waals surface area contributed by atoms with Crippen LogP contribution in [0.5, 0.6) is 0 Å². The average Bonchev–Trinajstić information content (AvgIpc) is 2.94. The average molecular weight is 304 g/mol. The van der Waals surface area contributed by atoms with Crippen molar-refractivity contribution in [3.05, 3.63) is 21.3 Å². The molecule has 104 valence electrons. The maximum atomic E-state index is 12.3. The first kappa shape index (κ1) is 14.3. The van der Waals surface area contributed by atoms with Crippen LogP contribution in [0.4, 0.5) is 0 Å². The van der Waals surface area contributed by atoms with Gasteiger partial charge >= 0.3 is 5.97 Å². The molecule has 1 aromatic heterocycles. The fourth-order valence-corrected chi connectivity index (χ4v) is 3.26. The summed E-state index contributed by atoms with van der Waals surface area (Å²) in [5, 5.41) is 8.91. The van der Waals surface area contributed by atoms with Crippen LogP contribution in [-0.2, 0) is 9.53 Å². The van der Waals surface area contributed by atoms with E-state index < -0.39 is 5.97 Å². The van der Waals surface area contributed by atoms with Gasteiger partial charge in [-0.2, -0.15) is 0 Å². The largest absolute Gasteiger partial charge is 0.481 e. The third-order valence-electron chi connectivity index (χ3n) is 3.16. The lowest BCUT2D eigenvalue weighted by Crippen LogP contribution is -2.36. The van der Waals surface area contributed by atoms with E-state index in [-0.39, 0.29) is 24.5 Å². The Hall–Kier alpha value is -1.11. The topological polar surface area (TPSA) is 66.8 Å². The summed E-state index contributed by atoms with van der Waals surface area (Å²) >= 11 is 7.02. The van der Waals surface area contributed by atoms with Crippen molar-refractivity contribution in [1.29, 1.82) is 0 Å². The number of carboxylic acid groups (broad SMARTS) is 1. The number of ether oxygens (including phenoxy) is 1. The number of thiophene rings is 1. The number of aliphatic carboxylic acids is 1. The molecule has 0 aromatic carbocycles. The first-order chi connectivity index (χ1) is 9.01. The molecule has 2 atom stereocenters. The van der Waals surface area contributed by atoms with Gasteiger partial charge in [0.1, 0.15) is 0 Å². The van der Waals surface area contributed by atoms with Crippen LogP contribution in [0.25, 0.3) is 0 Å². The van der Waals surface area contributed by atoms with Crippen LogP contribution in [0.2, 0.25) is 4.34 Å². The van der Waals surface area contributed by atoms with Crippen LogP contribution < -0.4 is 0 Å². The van der Waals surface area contributed by atoms with Crippen molar-refractivity contribution >= 4 is 34.8 Å². The highest BCUT2D eigenvalue weighted by Crippen LogP contribution is 2.28. The number of likely N-dealkylation sites (tertiary alicyclic amines) is 1. The van der Waals surface area contributed by atoms with Gasteiger partial charge in [-0.25, -0.2) is 0 Å². The molecule has 1 amide bonds. The number of carbonyl (C=O) groups is 2. The standard InChI is InChI=1S/C12H14ClNO4S/c1-18-8-4-7(5-11(15)16)14(6-8)12(17)9-2-3-10(13)19-9/h2-3,7-8H,4-6H2,1H3,(H,15,16). The van der Waals surface area contributed by atoms with Crippen molar-refractivity contribution in [1.82, 2.24) is 4.90 Å². The maximum Gasteiger partial charge on any atom is 0.305 e. The second-order valence-corrected chi connectivity index (χ2v) is 6.12. The van der Waals surface area contributed by atoms with E-state index in [0.717, 1.165) is 0 Å². The Balaban J connectivity index is 2.15. The van der Waals surface area contributed by atoms with Gasteiger partial charge in [0.15, 0.2) is 0 Å². The highest BCUT2D eigenvalue weighted by atomic mass is 35.5. The van der Waals surface area contributed by atoms with E-state index in [0.29, 0.717) is 22.2 Å². The van der Waals surface area contributed by atoms with Crippen molar-refractivity contribution in [3.8, 4) is 0 Å². The summed E-state index contributed by atoms with van der Waals surface area (Å²) < 4.78 is 5.78. The fraction of sp³-hybridized carbons (Fsp3) is 0.500. The molecule has 2 unspecified atom stereocenters. The van der Waals surface area contributed by atoms with Gasteiger partial charge in [0.2, 0.25) is 0 Å². The van der Waals surface area contributed by atoms with Gasteiger partial charge in [-0.15, -0.1) is 11.3 Å². The second-order valence-electron chi connectivity index (χ2n) is 4.41. The summed E-state index contributed by atoms with van der Waals surface area (Å²) in [5.74, 6) is -1.09. The summed E-state index contributed by atoms with van der Waals surface area (Å²) in [7, 11) is 1.57. The Kier molecular flexibility index (Phi) is 4.44. The molecule has 1 N–H and O–H groups in total. The molecule has 1 aromatic rings. The minimum Gasteiger partial charge on any atom is -0.481 e. The lowest BCUT2D eigenvalue weighted by atomic mass is 10.1. The number of amides is 1. The zero-order chi connectivity index (χ0) is 14.0. The highest BCUT2D eigenvalue weighted by molar-refractivity contribution is 7.17. The highest BCUT2D eigenvalue weighted by Gasteiger charge is 2.37. The SMILES string of the molecule is COC1CC(CC(=O)O)N(C(=O)c2ccc(Cl)s2)C1. The Bertz CT molecular complexity index is 490. The van der Waals surface area contributed by atoms with Crippen molar-refractivity contribution in [2.24, 2.45) is 0 Å². The van der Waals surface area contributed by atoms with E-state index in [4.69, 9.17) is 21.4 Å². The lowest BCUT2D eigenvalue weighted by molar-refractivity contribution is -0.137.